The molecule has 132 valence electrons. The van der Waals surface area contributed by atoms with E-state index in [1.807, 2.05) is 47.3 Å². The van der Waals surface area contributed by atoms with Crippen molar-refractivity contribution < 1.29 is 14.3 Å². The van der Waals surface area contributed by atoms with Crippen molar-refractivity contribution in [1.82, 2.24) is 9.99 Å². The summed E-state index contributed by atoms with van der Waals surface area (Å²) >= 11 is 0. The van der Waals surface area contributed by atoms with Gasteiger partial charge in [-0.25, -0.2) is 5.43 Å². The Kier molecular flexibility index (Phi) is 5.34. The SMILES string of the molecule is COc1ccc(OC)c(/C=N/NC(=O)c2ccccc2-n2cccc2)c1. The Balaban J connectivity index is 1.79. The average Bonchev–Trinajstić information content (AvgIpc) is 3.22. The van der Waals surface area contributed by atoms with Gasteiger partial charge in [0.15, 0.2) is 0 Å². The van der Waals surface area contributed by atoms with E-state index >= 15 is 0 Å². The molecule has 1 N–H and O–H groups in total. The van der Waals surface area contributed by atoms with E-state index in [0.717, 1.165) is 5.69 Å². The van der Waals surface area contributed by atoms with Crippen LogP contribution in [-0.4, -0.2) is 30.9 Å². The van der Waals surface area contributed by atoms with Crippen molar-refractivity contribution in [3.8, 4) is 17.2 Å². The van der Waals surface area contributed by atoms with Crippen LogP contribution in [0.2, 0.25) is 0 Å². The summed E-state index contributed by atoms with van der Waals surface area (Å²) in [5.41, 5.74) is 4.57. The molecule has 0 saturated heterocycles. The lowest BCUT2D eigenvalue weighted by Gasteiger charge is -2.09. The van der Waals surface area contributed by atoms with Crippen LogP contribution < -0.4 is 14.9 Å². The molecule has 1 amide bonds. The maximum absolute atomic E-state index is 12.5. The topological polar surface area (TPSA) is 64.8 Å². The molecule has 0 atom stereocenters. The Morgan fingerprint density at radius 2 is 1.81 bits per heavy atom. The van der Waals surface area contributed by atoms with E-state index in [0.29, 0.717) is 22.6 Å². The smallest absolute Gasteiger partial charge is 0.273 e. The molecular weight excluding hydrogens is 330 g/mol. The van der Waals surface area contributed by atoms with Gasteiger partial charge in [0.2, 0.25) is 0 Å². The monoisotopic (exact) mass is 349 g/mol. The summed E-state index contributed by atoms with van der Waals surface area (Å²) in [5.74, 6) is 1.01. The molecule has 0 aliphatic heterocycles. The molecule has 0 radical (unpaired) electrons. The average molecular weight is 349 g/mol. The zero-order chi connectivity index (χ0) is 18.4. The standard InChI is InChI=1S/C20H19N3O3/c1-25-16-9-10-19(26-2)15(13-16)14-21-22-20(24)17-7-3-4-8-18(17)23-11-5-6-12-23/h3-14H,1-2H3,(H,22,24)/b21-14+. The number of hydrazone groups is 1. The second kappa shape index (κ2) is 8.02. The van der Waals surface area contributed by atoms with E-state index in [-0.39, 0.29) is 5.91 Å². The van der Waals surface area contributed by atoms with Crippen LogP contribution in [-0.2, 0) is 0 Å². The highest BCUT2D eigenvalue weighted by Crippen LogP contribution is 2.22. The number of nitrogens with zero attached hydrogens (tertiary/aromatic N) is 2. The fourth-order valence-electron chi connectivity index (χ4n) is 2.55. The molecule has 0 spiro atoms. The number of aromatic nitrogens is 1. The summed E-state index contributed by atoms with van der Waals surface area (Å²) in [4.78, 5) is 12.5. The van der Waals surface area contributed by atoms with Gasteiger partial charge in [-0.1, -0.05) is 12.1 Å². The van der Waals surface area contributed by atoms with Crippen molar-refractivity contribution in [2.45, 2.75) is 0 Å². The Morgan fingerprint density at radius 3 is 2.54 bits per heavy atom. The van der Waals surface area contributed by atoms with E-state index in [1.54, 1.807) is 38.5 Å². The summed E-state index contributed by atoms with van der Waals surface area (Å²) in [5, 5.41) is 4.06. The Bertz CT molecular complexity index is 918. The predicted octanol–water partition coefficient (Wildman–Crippen LogP) is 3.26. The van der Waals surface area contributed by atoms with E-state index < -0.39 is 0 Å². The van der Waals surface area contributed by atoms with Crippen LogP contribution in [0.5, 0.6) is 11.5 Å². The number of hydrogen-bond donors (Lipinski definition) is 1. The highest BCUT2D eigenvalue weighted by atomic mass is 16.5. The molecule has 2 aromatic carbocycles. The van der Waals surface area contributed by atoms with Crippen LogP contribution in [0.25, 0.3) is 5.69 Å². The van der Waals surface area contributed by atoms with E-state index in [9.17, 15) is 4.79 Å². The van der Waals surface area contributed by atoms with E-state index in [2.05, 4.69) is 10.5 Å². The molecule has 1 heterocycles. The van der Waals surface area contributed by atoms with Crippen LogP contribution in [0.15, 0.2) is 72.1 Å². The first-order valence-electron chi connectivity index (χ1n) is 8.00. The molecule has 1 aromatic heterocycles. The fourth-order valence-corrected chi connectivity index (χ4v) is 2.55. The fraction of sp³-hybridized carbons (Fsp3) is 0.100. The van der Waals surface area contributed by atoms with Gasteiger partial charge < -0.3 is 14.0 Å². The van der Waals surface area contributed by atoms with Gasteiger partial charge in [0.05, 0.1) is 31.7 Å². The summed E-state index contributed by atoms with van der Waals surface area (Å²) < 4.78 is 12.4. The van der Waals surface area contributed by atoms with Gasteiger partial charge in [-0.05, 0) is 42.5 Å². The molecule has 26 heavy (non-hydrogen) atoms. The zero-order valence-corrected chi connectivity index (χ0v) is 14.5. The summed E-state index contributed by atoms with van der Waals surface area (Å²) in [6.07, 6.45) is 5.30. The number of amides is 1. The third-order valence-electron chi connectivity index (χ3n) is 3.84. The minimum absolute atomic E-state index is 0.299. The number of methoxy groups -OCH3 is 2. The highest BCUT2D eigenvalue weighted by molar-refractivity contribution is 5.98. The third kappa shape index (κ3) is 3.75. The molecule has 0 aliphatic carbocycles. The lowest BCUT2D eigenvalue weighted by molar-refractivity contribution is 0.0955. The third-order valence-corrected chi connectivity index (χ3v) is 3.84. The number of benzene rings is 2. The second-order valence-electron chi connectivity index (χ2n) is 5.41. The number of carbonyl (C=O) groups excluding carboxylic acids is 1. The maximum atomic E-state index is 12.5. The second-order valence-corrected chi connectivity index (χ2v) is 5.41. The van der Waals surface area contributed by atoms with E-state index in [4.69, 9.17) is 9.47 Å². The molecule has 0 saturated carbocycles. The van der Waals surface area contributed by atoms with Crippen molar-refractivity contribution in [1.29, 1.82) is 0 Å². The van der Waals surface area contributed by atoms with Gasteiger partial charge in [-0.15, -0.1) is 0 Å². The molecular formula is C20H19N3O3. The van der Waals surface area contributed by atoms with Crippen molar-refractivity contribution in [3.63, 3.8) is 0 Å². The minimum Gasteiger partial charge on any atom is -0.497 e. The van der Waals surface area contributed by atoms with Gasteiger partial charge in [-0.2, -0.15) is 5.10 Å². The minimum atomic E-state index is -0.299. The molecule has 6 heteroatoms. The quantitative estimate of drug-likeness (QED) is 0.549. The van der Waals surface area contributed by atoms with Crippen molar-refractivity contribution in [2.75, 3.05) is 14.2 Å². The molecule has 0 fully saturated rings. The van der Waals surface area contributed by atoms with Gasteiger partial charge in [0.1, 0.15) is 11.5 Å². The number of carbonyl (C=O) groups is 1. The van der Waals surface area contributed by atoms with Crippen molar-refractivity contribution in [3.05, 3.63) is 78.1 Å². The Hall–Kier alpha value is -3.54. The van der Waals surface area contributed by atoms with Crippen LogP contribution in [0, 0.1) is 0 Å². The zero-order valence-electron chi connectivity index (χ0n) is 14.5. The van der Waals surface area contributed by atoms with Crippen LogP contribution >= 0.6 is 0 Å². The first-order chi connectivity index (χ1) is 12.7. The van der Waals surface area contributed by atoms with Gasteiger partial charge in [0.25, 0.3) is 5.91 Å². The van der Waals surface area contributed by atoms with Crippen LogP contribution in [0.3, 0.4) is 0 Å². The summed E-state index contributed by atoms with van der Waals surface area (Å²) in [6, 6.07) is 16.5. The molecule has 3 rings (SSSR count). The Labute approximate surface area is 151 Å². The number of nitrogens with one attached hydrogen (secondary N) is 1. The number of hydrogen-bond acceptors (Lipinski definition) is 4. The summed E-state index contributed by atoms with van der Waals surface area (Å²) in [6.45, 7) is 0. The molecule has 0 bridgehead atoms. The lowest BCUT2D eigenvalue weighted by atomic mass is 10.1. The van der Waals surface area contributed by atoms with E-state index in [1.165, 1.54) is 6.21 Å². The summed E-state index contributed by atoms with van der Waals surface area (Å²) in [7, 11) is 3.16. The van der Waals surface area contributed by atoms with Crippen LogP contribution in [0.1, 0.15) is 15.9 Å². The van der Waals surface area contributed by atoms with Crippen LogP contribution in [0.4, 0.5) is 0 Å². The molecule has 6 nitrogen and oxygen atoms in total. The highest BCUT2D eigenvalue weighted by Gasteiger charge is 2.11. The van der Waals surface area contributed by atoms with Crippen molar-refractivity contribution >= 4 is 12.1 Å². The molecule has 3 aromatic rings. The predicted molar refractivity (Wildman–Crippen MR) is 100 cm³/mol. The maximum Gasteiger partial charge on any atom is 0.273 e. The van der Waals surface area contributed by atoms with Gasteiger partial charge >= 0.3 is 0 Å². The van der Waals surface area contributed by atoms with Gasteiger partial charge in [-0.3, -0.25) is 4.79 Å². The molecule has 0 unspecified atom stereocenters. The Morgan fingerprint density at radius 1 is 1.04 bits per heavy atom. The normalized spacial score (nSPS) is 10.7. The number of para-hydroxylation sites is 1. The largest absolute Gasteiger partial charge is 0.497 e. The van der Waals surface area contributed by atoms with Crippen molar-refractivity contribution in [2.24, 2.45) is 5.10 Å². The first kappa shape index (κ1) is 17.3. The first-order valence-corrected chi connectivity index (χ1v) is 8.00. The number of rotatable bonds is 6. The lowest BCUT2D eigenvalue weighted by Crippen LogP contribution is -2.19. The molecule has 0 aliphatic rings. The number of ether oxygens (including phenoxy) is 2. The van der Waals surface area contributed by atoms with Gasteiger partial charge in [0, 0.05) is 18.0 Å².